The van der Waals surface area contributed by atoms with Crippen molar-refractivity contribution in [1.29, 1.82) is 0 Å². The van der Waals surface area contributed by atoms with E-state index in [9.17, 15) is 4.79 Å². The number of aromatic nitrogens is 1. The minimum absolute atomic E-state index is 0.00318. The van der Waals surface area contributed by atoms with Gasteiger partial charge in [-0.15, -0.1) is 0 Å². The van der Waals surface area contributed by atoms with E-state index in [4.69, 9.17) is 0 Å². The molecule has 1 aromatic carbocycles. The van der Waals surface area contributed by atoms with Gasteiger partial charge in [-0.05, 0) is 42.5 Å². The molecule has 0 aliphatic rings. The van der Waals surface area contributed by atoms with Crippen LogP contribution in [-0.2, 0) is 4.79 Å². The van der Waals surface area contributed by atoms with Crippen LogP contribution in [0.1, 0.15) is 25.8 Å². The summed E-state index contributed by atoms with van der Waals surface area (Å²) in [5.41, 5.74) is 2.86. The maximum Gasteiger partial charge on any atom is 0.246 e. The van der Waals surface area contributed by atoms with E-state index in [-0.39, 0.29) is 5.91 Å². The van der Waals surface area contributed by atoms with Gasteiger partial charge in [0.2, 0.25) is 5.91 Å². The molecule has 1 amide bonds. The van der Waals surface area contributed by atoms with Gasteiger partial charge in [0.05, 0.1) is 0 Å². The zero-order valence-corrected chi connectivity index (χ0v) is 10.8. The summed E-state index contributed by atoms with van der Waals surface area (Å²) in [5.74, 6) is 0.00318. The van der Waals surface area contributed by atoms with Crippen molar-refractivity contribution in [2.75, 3.05) is 6.54 Å². The first-order chi connectivity index (χ1) is 8.70. The van der Waals surface area contributed by atoms with Gasteiger partial charge in [-0.3, -0.25) is 4.79 Å². The Hall–Kier alpha value is -2.03. The van der Waals surface area contributed by atoms with Gasteiger partial charge < -0.3 is 10.3 Å². The van der Waals surface area contributed by atoms with Gasteiger partial charge >= 0.3 is 0 Å². The monoisotopic (exact) mass is 242 g/mol. The highest BCUT2D eigenvalue weighted by atomic mass is 16.1. The Labute approximate surface area is 107 Å². The number of benzene rings is 1. The minimum atomic E-state index is 0.00318. The Morgan fingerprint density at radius 2 is 2.22 bits per heavy atom. The van der Waals surface area contributed by atoms with Crippen LogP contribution < -0.4 is 5.32 Å². The minimum Gasteiger partial charge on any atom is -0.361 e. The summed E-state index contributed by atoms with van der Waals surface area (Å²) in [4.78, 5) is 14.9. The molecule has 2 aromatic rings. The van der Waals surface area contributed by atoms with E-state index in [1.807, 2.05) is 44.3 Å². The zero-order valence-electron chi connectivity index (χ0n) is 10.8. The fourth-order valence-electron chi connectivity index (χ4n) is 1.85. The molecular formula is C15H18N2O. The smallest absolute Gasteiger partial charge is 0.246 e. The molecule has 0 atom stereocenters. The highest BCUT2D eigenvalue weighted by Gasteiger charge is 2.03. The third kappa shape index (κ3) is 2.80. The molecule has 0 bridgehead atoms. The van der Waals surface area contributed by atoms with Crippen molar-refractivity contribution in [2.24, 2.45) is 0 Å². The topological polar surface area (TPSA) is 44.9 Å². The molecule has 94 valence electrons. The van der Waals surface area contributed by atoms with Crippen LogP contribution in [0.25, 0.3) is 17.0 Å². The van der Waals surface area contributed by atoms with Crippen LogP contribution in [0.2, 0.25) is 0 Å². The van der Waals surface area contributed by atoms with Crippen LogP contribution in [0.4, 0.5) is 0 Å². The molecule has 3 nitrogen and oxygen atoms in total. The fourth-order valence-corrected chi connectivity index (χ4v) is 1.85. The first-order valence-electron chi connectivity index (χ1n) is 6.24. The molecule has 2 rings (SSSR count). The van der Waals surface area contributed by atoms with Gasteiger partial charge in [0.1, 0.15) is 0 Å². The van der Waals surface area contributed by atoms with Crippen LogP contribution in [0.5, 0.6) is 0 Å². The second kappa shape index (κ2) is 5.54. The zero-order chi connectivity index (χ0) is 13.0. The Balaban J connectivity index is 2.17. The number of carbonyl (C=O) groups is 1. The van der Waals surface area contributed by atoms with Crippen molar-refractivity contribution in [3.63, 3.8) is 0 Å². The molecule has 0 aliphatic heterocycles. The van der Waals surface area contributed by atoms with Crippen molar-refractivity contribution in [1.82, 2.24) is 10.3 Å². The second-order valence-electron chi connectivity index (χ2n) is 4.41. The van der Waals surface area contributed by atoms with Crippen molar-refractivity contribution in [3.8, 4) is 0 Å². The maximum absolute atomic E-state index is 11.7. The van der Waals surface area contributed by atoms with Gasteiger partial charge in [0, 0.05) is 23.8 Å². The largest absolute Gasteiger partial charge is 0.361 e. The van der Waals surface area contributed by atoms with Gasteiger partial charge in [-0.25, -0.2) is 0 Å². The predicted molar refractivity (Wildman–Crippen MR) is 75.3 cm³/mol. The van der Waals surface area contributed by atoms with Gasteiger partial charge in [0.15, 0.2) is 0 Å². The van der Waals surface area contributed by atoms with Crippen LogP contribution in [0.3, 0.4) is 0 Å². The molecule has 2 N–H and O–H groups in total. The number of fused-ring (bicyclic) bond motifs is 1. The van der Waals surface area contributed by atoms with Crippen molar-refractivity contribution in [3.05, 3.63) is 41.6 Å². The summed E-state index contributed by atoms with van der Waals surface area (Å²) in [7, 11) is 0. The second-order valence-corrected chi connectivity index (χ2v) is 4.41. The van der Waals surface area contributed by atoms with E-state index in [2.05, 4.69) is 16.4 Å². The quantitative estimate of drug-likeness (QED) is 0.795. The van der Waals surface area contributed by atoms with E-state index in [0.29, 0.717) is 0 Å². The number of aromatic amines is 1. The number of rotatable bonds is 4. The Morgan fingerprint density at radius 3 is 3.00 bits per heavy atom. The SMILES string of the molecule is CCCNC(=O)/C(C)=C/c1ccc2cc[nH]c2c1. The molecule has 18 heavy (non-hydrogen) atoms. The number of hydrogen-bond donors (Lipinski definition) is 2. The van der Waals surface area contributed by atoms with Crippen LogP contribution in [0, 0.1) is 0 Å². The van der Waals surface area contributed by atoms with Crippen molar-refractivity contribution in [2.45, 2.75) is 20.3 Å². The molecule has 0 saturated heterocycles. The number of amides is 1. The lowest BCUT2D eigenvalue weighted by atomic mass is 10.1. The molecule has 0 unspecified atom stereocenters. The molecule has 1 heterocycles. The van der Waals surface area contributed by atoms with Gasteiger partial charge in [-0.2, -0.15) is 0 Å². The van der Waals surface area contributed by atoms with E-state index < -0.39 is 0 Å². The van der Waals surface area contributed by atoms with Crippen LogP contribution in [0.15, 0.2) is 36.0 Å². The Kier molecular flexibility index (Phi) is 3.82. The first-order valence-corrected chi connectivity index (χ1v) is 6.24. The Bertz CT molecular complexity index is 581. The standard InChI is InChI=1S/C15H18N2O/c1-3-7-17-15(18)11(2)9-12-4-5-13-6-8-16-14(13)10-12/h4-6,8-10,16H,3,7H2,1-2H3,(H,17,18)/b11-9+. The third-order valence-corrected chi connectivity index (χ3v) is 2.86. The number of nitrogens with one attached hydrogen (secondary N) is 2. The maximum atomic E-state index is 11.7. The molecule has 0 radical (unpaired) electrons. The molecule has 3 heteroatoms. The van der Waals surface area contributed by atoms with Crippen molar-refractivity contribution >= 4 is 22.9 Å². The fraction of sp³-hybridized carbons (Fsp3) is 0.267. The highest BCUT2D eigenvalue weighted by Crippen LogP contribution is 2.16. The lowest BCUT2D eigenvalue weighted by molar-refractivity contribution is -0.117. The van der Waals surface area contributed by atoms with Crippen molar-refractivity contribution < 1.29 is 4.79 Å². The highest BCUT2D eigenvalue weighted by molar-refractivity contribution is 5.97. The summed E-state index contributed by atoms with van der Waals surface area (Å²) in [6, 6.07) is 8.15. The normalized spacial score (nSPS) is 11.8. The molecule has 0 aliphatic carbocycles. The predicted octanol–water partition coefficient (Wildman–Crippen LogP) is 3.10. The molecule has 0 spiro atoms. The summed E-state index contributed by atoms with van der Waals surface area (Å²) in [5, 5.41) is 4.05. The summed E-state index contributed by atoms with van der Waals surface area (Å²) in [6.07, 6.45) is 4.78. The average Bonchev–Trinajstić information content (AvgIpc) is 2.83. The van der Waals surface area contributed by atoms with E-state index >= 15 is 0 Å². The first kappa shape index (κ1) is 12.4. The summed E-state index contributed by atoms with van der Waals surface area (Å²) in [6.45, 7) is 4.60. The lowest BCUT2D eigenvalue weighted by Crippen LogP contribution is -2.24. The van der Waals surface area contributed by atoms with E-state index in [0.717, 1.165) is 29.6 Å². The van der Waals surface area contributed by atoms with Gasteiger partial charge in [0.25, 0.3) is 0 Å². The number of H-pyrrole nitrogens is 1. The molecular weight excluding hydrogens is 224 g/mol. The van der Waals surface area contributed by atoms with Crippen LogP contribution >= 0.6 is 0 Å². The summed E-state index contributed by atoms with van der Waals surface area (Å²) >= 11 is 0. The number of carbonyl (C=O) groups excluding carboxylic acids is 1. The Morgan fingerprint density at radius 1 is 1.39 bits per heavy atom. The molecule has 1 aromatic heterocycles. The lowest BCUT2D eigenvalue weighted by Gasteiger charge is -2.03. The van der Waals surface area contributed by atoms with Gasteiger partial charge in [-0.1, -0.05) is 19.1 Å². The summed E-state index contributed by atoms with van der Waals surface area (Å²) < 4.78 is 0. The third-order valence-electron chi connectivity index (χ3n) is 2.86. The van der Waals surface area contributed by atoms with Crippen LogP contribution in [-0.4, -0.2) is 17.4 Å². The van der Waals surface area contributed by atoms with E-state index in [1.54, 1.807) is 0 Å². The van der Waals surface area contributed by atoms with E-state index in [1.165, 1.54) is 5.39 Å². The molecule has 0 saturated carbocycles. The molecule has 0 fully saturated rings. The number of hydrogen-bond acceptors (Lipinski definition) is 1. The average molecular weight is 242 g/mol.